The molecule has 3 N–H and O–H groups in total. The van der Waals surface area contributed by atoms with Gasteiger partial charge in [-0.3, -0.25) is 86.8 Å². The van der Waals surface area contributed by atoms with Crippen molar-refractivity contribution in [2.75, 3.05) is 105 Å². The van der Waals surface area contributed by atoms with Crippen molar-refractivity contribution in [1.82, 2.24) is 103 Å². The van der Waals surface area contributed by atoms with Gasteiger partial charge in [-0.1, -0.05) is 60.7 Å². The Balaban J connectivity index is 0.000000116. The number of rotatable bonds is 14. The van der Waals surface area contributed by atoms with Gasteiger partial charge < -0.3 is 20.4 Å². The molecule has 33 heteroatoms. The molecule has 9 aromatic carbocycles. The average molecular weight is 1970 g/mol. The molecule has 15 heterocycles. The number of aromatic nitrogens is 15. The lowest BCUT2D eigenvalue weighted by Gasteiger charge is -2.33. The Labute approximate surface area is 837 Å². The first kappa shape index (κ1) is 96.6. The molecule has 0 amide bonds. The standard InChI is InChI=1S/C34H28F3N5O.C29H30N6O.C28H28N6O.C23H13F4N5O/c1-40-12-14-41(15-13-40)21-25-6-9-27(18-29(25)34(35,36)37)42-32(43)11-8-24-19-39-31-10-7-22(17-28(31)33(24)42)26-16-23-4-2-3-5-30(23)38-20-26;1-20-14-25(7-4-23(20)19-34-12-10-32(2)11-13-34)35-28(36)9-6-22-16-30-27-8-5-21(15-26(27)29(22)35)24-17-31-33(3)18-24;1-19-13-24(6-3-22(19)18-33-11-9-32(2)10-12-33)34-27(35)8-5-21-15-29-26-7-4-20(14-25(26)28(21)34)23-16-30-31-17-23;24-18-4-3-15(8-17(18)23(25,26)27)32-20(33)6-2-13-9-29-19-5-1-12(7-16(19)21(13)32)14-10-30-22(28)31-11-14/h2-11,16-20H,12-15,21H2,1H3;4-9,14-18H,10-13,19H2,1-3H3;3-8,13-17H,9-12,18H2,1-2H3,(H,30,31);1-11H,(H2,28,30,31). The van der Waals surface area contributed by atoms with Crippen LogP contribution < -0.4 is 28.0 Å². The number of fused-ring (bicyclic) bond motifs is 13. The minimum atomic E-state index is -4.92. The maximum Gasteiger partial charge on any atom is 0.419 e. The molecule has 12 aromatic heterocycles. The number of hydrogen-bond acceptors (Lipinski definition) is 20. The zero-order valence-electron chi connectivity index (χ0n) is 81.1. The lowest BCUT2D eigenvalue weighted by Crippen LogP contribution is -2.44. The van der Waals surface area contributed by atoms with Gasteiger partial charge in [0.25, 0.3) is 22.2 Å². The van der Waals surface area contributed by atoms with Crippen LogP contribution in [0, 0.1) is 19.7 Å². The number of nitrogens with two attached hydrogens (primary N) is 1. The van der Waals surface area contributed by atoms with Crippen molar-refractivity contribution in [2.24, 2.45) is 7.05 Å². The van der Waals surface area contributed by atoms with Gasteiger partial charge in [0.15, 0.2) is 0 Å². The fourth-order valence-corrected chi connectivity index (χ4v) is 19.8. The summed E-state index contributed by atoms with van der Waals surface area (Å²) < 4.78 is 105. The second kappa shape index (κ2) is 40.2. The van der Waals surface area contributed by atoms with Crippen molar-refractivity contribution in [2.45, 2.75) is 45.8 Å². The molecule has 3 aliphatic heterocycles. The zero-order valence-corrected chi connectivity index (χ0v) is 81.1. The normalized spacial score (nSPS) is 14.4. The lowest BCUT2D eigenvalue weighted by molar-refractivity contribution is -0.140. The Bertz CT molecular complexity index is 8930. The number of alkyl halides is 6. The smallest absolute Gasteiger partial charge is 0.368 e. The average Bonchev–Trinajstić information content (AvgIpc) is 0.979. The fourth-order valence-electron chi connectivity index (χ4n) is 19.8. The van der Waals surface area contributed by atoms with E-state index >= 15 is 0 Å². The van der Waals surface area contributed by atoms with Crippen LogP contribution in [-0.2, 0) is 39.0 Å². The minimum Gasteiger partial charge on any atom is -0.368 e. The number of pyridine rings is 9. The number of nitrogen functional groups attached to an aromatic ring is 1. The van der Waals surface area contributed by atoms with Gasteiger partial charge in [-0.25, -0.2) is 14.4 Å². The van der Waals surface area contributed by atoms with E-state index in [0.717, 1.165) is 195 Å². The first-order valence-corrected chi connectivity index (χ1v) is 48.2. The van der Waals surface area contributed by atoms with Gasteiger partial charge in [0.1, 0.15) is 5.82 Å². The summed E-state index contributed by atoms with van der Waals surface area (Å²) in [7, 11) is 8.28. The minimum absolute atomic E-state index is 0.0481. The molecule has 0 spiro atoms. The van der Waals surface area contributed by atoms with Gasteiger partial charge >= 0.3 is 12.4 Å². The van der Waals surface area contributed by atoms with E-state index in [9.17, 15) is 49.9 Å². The maximum absolute atomic E-state index is 14.4. The molecule has 0 radical (unpaired) electrons. The Morgan fingerprint density at radius 1 is 0.320 bits per heavy atom. The van der Waals surface area contributed by atoms with Crippen LogP contribution in [0.25, 0.3) is 165 Å². The molecule has 3 fully saturated rings. The number of halogens is 7. The van der Waals surface area contributed by atoms with Crippen LogP contribution in [0.5, 0.6) is 0 Å². The number of piperazine rings is 3. The molecular weight excluding hydrogens is 1870 g/mol. The highest BCUT2D eigenvalue weighted by Gasteiger charge is 2.37. The molecule has 0 aliphatic carbocycles. The summed E-state index contributed by atoms with van der Waals surface area (Å²) in [5.41, 5.74) is 22.8. The fraction of sp³-hybridized carbons (Fsp3) is 0.202. The molecule has 26 nitrogen and oxygen atoms in total. The summed E-state index contributed by atoms with van der Waals surface area (Å²) in [6.07, 6.45) is 9.76. The van der Waals surface area contributed by atoms with Crippen molar-refractivity contribution in [1.29, 1.82) is 0 Å². The number of nitrogens with one attached hydrogen (secondary N) is 1. The van der Waals surface area contributed by atoms with Crippen LogP contribution in [0.3, 0.4) is 0 Å². The highest BCUT2D eigenvalue weighted by atomic mass is 19.4. The number of likely N-dealkylation sites (N-methyl/N-ethyl adjacent to an activating group) is 3. The Hall–Kier alpha value is -16.6. The van der Waals surface area contributed by atoms with Gasteiger partial charge in [0, 0.05) is 273 Å². The first-order valence-electron chi connectivity index (χ1n) is 48.2. The van der Waals surface area contributed by atoms with Crippen LogP contribution >= 0.6 is 0 Å². The summed E-state index contributed by atoms with van der Waals surface area (Å²) in [6.45, 7) is 18.1. The Morgan fingerprint density at radius 2 is 0.680 bits per heavy atom. The second-order valence-corrected chi connectivity index (χ2v) is 37.8. The van der Waals surface area contributed by atoms with E-state index in [-0.39, 0.29) is 40.5 Å². The third kappa shape index (κ3) is 20.1. The molecule has 0 atom stereocenters. The van der Waals surface area contributed by atoms with Crippen LogP contribution in [0.1, 0.15) is 38.9 Å². The summed E-state index contributed by atoms with van der Waals surface area (Å²) in [5.74, 6) is -1.31. The SMILES string of the molecule is CN1CCN(Cc2ccc(-n3c(=O)ccc4cnc5ccc(-c6cnc7ccccc7c6)cc5c43)cc2C(F)(F)F)CC1.Cc1cc(-n2c(=O)ccc3cnc4ccc(-c5cn[nH]c5)cc4c32)ccc1CN1CCN(C)CC1.Cc1cc(-n2c(=O)ccc3cnc4ccc(-c5cnn(C)c5)cc4c32)ccc1CN1CCN(C)CC1.Nc1ncc(-c2ccc3ncc4ccc(=O)n(-c5ccc(F)c(C(F)(F)F)c5)c4c3c2)cn1. The molecule has 0 saturated carbocycles. The van der Waals surface area contributed by atoms with E-state index in [2.05, 4.69) is 157 Å². The Morgan fingerprint density at radius 3 is 1.07 bits per heavy atom. The van der Waals surface area contributed by atoms with Crippen LogP contribution in [0.2, 0.25) is 0 Å². The third-order valence-electron chi connectivity index (χ3n) is 28.0. The lowest BCUT2D eigenvalue weighted by atomic mass is 10.0. The van der Waals surface area contributed by atoms with Gasteiger partial charge in [0.05, 0.1) is 78.9 Å². The molecule has 147 heavy (non-hydrogen) atoms. The summed E-state index contributed by atoms with van der Waals surface area (Å²) in [5, 5.41) is 18.4. The number of anilines is 1. The highest BCUT2D eigenvalue weighted by Crippen LogP contribution is 2.41. The molecule has 0 unspecified atom stereocenters. The summed E-state index contributed by atoms with van der Waals surface area (Å²) in [6, 6.07) is 65.4. The van der Waals surface area contributed by atoms with E-state index in [4.69, 9.17) is 5.73 Å². The summed E-state index contributed by atoms with van der Waals surface area (Å²) in [4.78, 5) is 97.6. The van der Waals surface area contributed by atoms with Gasteiger partial charge in [-0.05, 0) is 225 Å². The topological polar surface area (TPSA) is 270 Å². The second-order valence-electron chi connectivity index (χ2n) is 37.8. The number of hydrogen-bond donors (Lipinski definition) is 2. The van der Waals surface area contributed by atoms with Gasteiger partial charge in [-0.15, -0.1) is 0 Å². The molecule has 3 aliphatic rings. The number of aromatic amines is 1. The number of benzene rings is 9. The largest absolute Gasteiger partial charge is 0.419 e. The number of para-hydroxylation sites is 1. The van der Waals surface area contributed by atoms with Crippen molar-refractivity contribution >= 4 is 104 Å². The molecule has 3 saturated heterocycles. The number of aryl methyl sites for hydroxylation is 3. The van der Waals surface area contributed by atoms with Gasteiger partial charge in [0.2, 0.25) is 5.95 Å². The quantitative estimate of drug-likeness (QED) is 0.0756. The monoisotopic (exact) mass is 1970 g/mol. The highest BCUT2D eigenvalue weighted by molar-refractivity contribution is 6.09. The predicted octanol–water partition coefficient (Wildman–Crippen LogP) is 19.2. The van der Waals surface area contributed by atoms with E-state index in [1.807, 2.05) is 138 Å². The van der Waals surface area contributed by atoms with E-state index in [1.165, 1.54) is 69.7 Å². The first-order chi connectivity index (χ1) is 71.0. The van der Waals surface area contributed by atoms with Crippen LogP contribution in [0.4, 0.5) is 36.7 Å². The summed E-state index contributed by atoms with van der Waals surface area (Å²) >= 11 is 0. The van der Waals surface area contributed by atoms with Crippen molar-refractivity contribution < 1.29 is 30.7 Å². The number of nitrogens with zero attached hydrogens (tertiary/aromatic N) is 20. The molecule has 24 rings (SSSR count). The molecule has 738 valence electrons. The Kier molecular flexibility index (Phi) is 26.4. The van der Waals surface area contributed by atoms with E-state index in [0.29, 0.717) is 80.0 Å². The van der Waals surface area contributed by atoms with Crippen molar-refractivity contribution in [3.05, 3.63) is 379 Å². The molecule has 0 bridgehead atoms. The third-order valence-corrected chi connectivity index (χ3v) is 28.0. The molecular formula is C114H99F7N22O4. The van der Waals surface area contributed by atoms with E-state index in [1.54, 1.807) is 65.7 Å². The predicted molar refractivity (Wildman–Crippen MR) is 563 cm³/mol. The maximum atomic E-state index is 14.4. The van der Waals surface area contributed by atoms with Gasteiger partial charge in [-0.2, -0.15) is 36.5 Å². The van der Waals surface area contributed by atoms with Crippen molar-refractivity contribution in [3.8, 4) is 67.3 Å². The number of H-pyrrole nitrogens is 1. The van der Waals surface area contributed by atoms with Crippen LogP contribution in [-0.4, -0.2) is 202 Å². The van der Waals surface area contributed by atoms with Crippen molar-refractivity contribution in [3.63, 3.8) is 0 Å². The molecule has 21 aromatic rings. The van der Waals surface area contributed by atoms with E-state index < -0.39 is 40.4 Å². The zero-order chi connectivity index (χ0) is 102. The van der Waals surface area contributed by atoms with Crippen LogP contribution in [0.15, 0.2) is 312 Å².